The van der Waals surface area contributed by atoms with E-state index >= 15 is 0 Å². The minimum Gasteiger partial charge on any atom is -0.503 e. The number of aryl methyl sites for hydroxylation is 1. The first-order valence-corrected chi connectivity index (χ1v) is 12.7. The number of hydrogen-bond donors (Lipinski definition) is 1. The van der Waals surface area contributed by atoms with Crippen LogP contribution >= 0.6 is 11.3 Å². The van der Waals surface area contributed by atoms with E-state index in [9.17, 15) is 14.7 Å². The van der Waals surface area contributed by atoms with Crippen LogP contribution in [-0.2, 0) is 14.3 Å². The van der Waals surface area contributed by atoms with E-state index in [2.05, 4.69) is 24.0 Å². The summed E-state index contributed by atoms with van der Waals surface area (Å²) < 4.78 is 11.0. The number of Topliss-reactive ketones (excluding diaryl/α,β-unsaturated/α-hetero) is 1. The van der Waals surface area contributed by atoms with Crippen LogP contribution in [0.25, 0.3) is 10.4 Å². The summed E-state index contributed by atoms with van der Waals surface area (Å²) in [7, 11) is 1.62. The highest BCUT2D eigenvalue weighted by molar-refractivity contribution is 7.15. The van der Waals surface area contributed by atoms with Gasteiger partial charge in [0.1, 0.15) is 6.04 Å². The second kappa shape index (κ2) is 11.1. The van der Waals surface area contributed by atoms with Gasteiger partial charge in [0.2, 0.25) is 5.88 Å². The summed E-state index contributed by atoms with van der Waals surface area (Å²) in [5, 5.41) is 10.9. The molecular weight excluding hydrogens is 476 g/mol. The van der Waals surface area contributed by atoms with Crippen LogP contribution in [0.1, 0.15) is 36.8 Å². The number of ketones is 1. The number of carbonyl (C=O) groups excluding carboxylic acids is 2. The van der Waals surface area contributed by atoms with Crippen molar-refractivity contribution in [3.05, 3.63) is 76.5 Å². The van der Waals surface area contributed by atoms with E-state index in [4.69, 9.17) is 9.47 Å². The summed E-state index contributed by atoms with van der Waals surface area (Å²) in [5.74, 6) is -1.56. The minimum atomic E-state index is -0.867. The van der Waals surface area contributed by atoms with Gasteiger partial charge < -0.3 is 14.6 Å². The average molecular weight is 507 g/mol. The third-order valence-electron chi connectivity index (χ3n) is 6.00. The molecule has 1 amide bonds. The summed E-state index contributed by atoms with van der Waals surface area (Å²) in [6, 6.07) is 14.3. The summed E-state index contributed by atoms with van der Waals surface area (Å²) in [4.78, 5) is 34.8. The lowest BCUT2D eigenvalue weighted by Crippen LogP contribution is -2.32. The van der Waals surface area contributed by atoms with Crippen LogP contribution in [0, 0.1) is 12.8 Å². The number of anilines is 1. The van der Waals surface area contributed by atoms with Crippen molar-refractivity contribution in [3.8, 4) is 16.3 Å². The molecule has 1 N–H and O–H groups in total. The number of nitrogens with zero attached hydrogens (tertiary/aromatic N) is 2. The Bertz CT molecular complexity index is 1280. The molecule has 3 heterocycles. The van der Waals surface area contributed by atoms with Crippen molar-refractivity contribution in [2.24, 2.45) is 5.92 Å². The predicted octanol–water partition coefficient (Wildman–Crippen LogP) is 5.66. The lowest BCUT2D eigenvalue weighted by molar-refractivity contribution is -0.119. The Morgan fingerprint density at radius 2 is 1.89 bits per heavy atom. The van der Waals surface area contributed by atoms with Crippen molar-refractivity contribution in [1.82, 2.24) is 4.98 Å². The molecule has 0 bridgehead atoms. The van der Waals surface area contributed by atoms with Gasteiger partial charge in [-0.25, -0.2) is 4.98 Å². The molecule has 1 aliphatic heterocycles. The molecular formula is C28H30N2O5S. The van der Waals surface area contributed by atoms with Crippen molar-refractivity contribution < 1.29 is 24.2 Å². The smallest absolute Gasteiger partial charge is 0.294 e. The molecule has 0 saturated carbocycles. The molecule has 0 spiro atoms. The predicted molar refractivity (Wildman–Crippen MR) is 140 cm³/mol. The highest BCUT2D eigenvalue weighted by atomic mass is 32.1. The number of benzene rings is 1. The fourth-order valence-corrected chi connectivity index (χ4v) is 5.08. The molecule has 3 aromatic rings. The molecule has 1 aromatic carbocycles. The first-order chi connectivity index (χ1) is 17.3. The van der Waals surface area contributed by atoms with Gasteiger partial charge >= 0.3 is 0 Å². The fraction of sp³-hybridized carbons (Fsp3) is 0.321. The molecule has 2 aromatic heterocycles. The van der Waals surface area contributed by atoms with E-state index in [1.807, 2.05) is 24.3 Å². The first kappa shape index (κ1) is 25.6. The summed E-state index contributed by atoms with van der Waals surface area (Å²) in [5.41, 5.74) is 2.19. The molecule has 0 aliphatic carbocycles. The third kappa shape index (κ3) is 5.05. The van der Waals surface area contributed by atoms with Crippen LogP contribution in [0.15, 0.2) is 66.1 Å². The molecule has 0 fully saturated rings. The Kier molecular flexibility index (Phi) is 7.86. The van der Waals surface area contributed by atoms with E-state index in [0.29, 0.717) is 36.8 Å². The molecule has 4 rings (SSSR count). The normalized spacial score (nSPS) is 15.8. The zero-order valence-electron chi connectivity index (χ0n) is 20.9. The standard InChI is InChI=1S/C28H30N2O5S/c1-17(2)25(31)23-24(21-7-5-14-29-27(21)35-16-6-15-34-4)30(28(33)26(23)32)20-11-9-19(10-12-20)22-13-8-18(3)36-22/h5,7-14,17,24,32H,6,15-16H2,1-4H3. The number of amides is 1. The first-order valence-electron chi connectivity index (χ1n) is 11.9. The zero-order chi connectivity index (χ0) is 25.8. The maximum absolute atomic E-state index is 13.4. The second-order valence-corrected chi connectivity index (χ2v) is 10.2. The van der Waals surface area contributed by atoms with Crippen LogP contribution in [0.3, 0.4) is 0 Å². The van der Waals surface area contributed by atoms with Crippen LogP contribution in [0.4, 0.5) is 5.69 Å². The van der Waals surface area contributed by atoms with Crippen LogP contribution in [0.5, 0.6) is 5.88 Å². The molecule has 188 valence electrons. The van der Waals surface area contributed by atoms with E-state index < -0.39 is 23.6 Å². The number of methoxy groups -OCH3 is 1. The maximum Gasteiger partial charge on any atom is 0.294 e. The monoisotopic (exact) mass is 506 g/mol. The molecule has 8 heteroatoms. The summed E-state index contributed by atoms with van der Waals surface area (Å²) in [6.07, 6.45) is 2.25. The summed E-state index contributed by atoms with van der Waals surface area (Å²) >= 11 is 1.69. The Balaban J connectivity index is 1.77. The third-order valence-corrected chi connectivity index (χ3v) is 7.04. The number of ether oxygens (including phenoxy) is 2. The van der Waals surface area contributed by atoms with E-state index in [1.54, 1.807) is 50.6 Å². The molecule has 1 atom stereocenters. The van der Waals surface area contributed by atoms with Gasteiger partial charge in [-0.3, -0.25) is 14.5 Å². The molecule has 36 heavy (non-hydrogen) atoms. The number of rotatable bonds is 10. The van der Waals surface area contributed by atoms with Crippen molar-refractivity contribution in [1.29, 1.82) is 0 Å². The van der Waals surface area contributed by atoms with Crippen molar-refractivity contribution in [3.63, 3.8) is 0 Å². The lowest BCUT2D eigenvalue weighted by Gasteiger charge is -2.28. The van der Waals surface area contributed by atoms with Gasteiger partial charge in [-0.15, -0.1) is 11.3 Å². The van der Waals surface area contributed by atoms with Gasteiger partial charge in [-0.05, 0) is 48.9 Å². The van der Waals surface area contributed by atoms with Gasteiger partial charge in [-0.1, -0.05) is 26.0 Å². The van der Waals surface area contributed by atoms with Crippen molar-refractivity contribution in [2.45, 2.75) is 33.2 Å². The number of aliphatic hydroxyl groups is 1. The number of hydrogen-bond acceptors (Lipinski definition) is 7. The Hall–Kier alpha value is -3.49. The van der Waals surface area contributed by atoms with E-state index in [-0.39, 0.29) is 11.4 Å². The van der Waals surface area contributed by atoms with Crippen LogP contribution in [0.2, 0.25) is 0 Å². The number of pyridine rings is 1. The number of aromatic nitrogens is 1. The number of thiophene rings is 1. The van der Waals surface area contributed by atoms with E-state index in [1.165, 1.54) is 9.78 Å². The minimum absolute atomic E-state index is 0.0581. The summed E-state index contributed by atoms with van der Waals surface area (Å²) in [6.45, 7) is 6.44. The number of carbonyl (C=O) groups is 2. The largest absolute Gasteiger partial charge is 0.503 e. The van der Waals surface area contributed by atoms with Crippen LogP contribution < -0.4 is 9.64 Å². The Labute approximate surface area is 215 Å². The highest BCUT2D eigenvalue weighted by Gasteiger charge is 2.46. The topological polar surface area (TPSA) is 89.0 Å². The lowest BCUT2D eigenvalue weighted by atomic mass is 9.91. The molecule has 1 unspecified atom stereocenters. The van der Waals surface area contributed by atoms with Gasteiger partial charge in [0, 0.05) is 53.3 Å². The van der Waals surface area contributed by atoms with Gasteiger partial charge in [-0.2, -0.15) is 0 Å². The second-order valence-electron chi connectivity index (χ2n) is 8.91. The fourth-order valence-electron chi connectivity index (χ4n) is 4.21. The van der Waals surface area contributed by atoms with Gasteiger partial charge in [0.05, 0.1) is 12.2 Å². The van der Waals surface area contributed by atoms with Crippen LogP contribution in [-0.4, -0.2) is 42.1 Å². The molecule has 0 radical (unpaired) electrons. The van der Waals surface area contributed by atoms with Crippen molar-refractivity contribution >= 4 is 28.7 Å². The van der Waals surface area contributed by atoms with E-state index in [0.717, 1.165) is 10.4 Å². The average Bonchev–Trinajstić information content (AvgIpc) is 3.42. The van der Waals surface area contributed by atoms with Gasteiger partial charge in [0.25, 0.3) is 5.91 Å². The molecule has 0 saturated heterocycles. The maximum atomic E-state index is 13.4. The number of aliphatic hydroxyl groups excluding tert-OH is 1. The Morgan fingerprint density at radius 1 is 1.14 bits per heavy atom. The van der Waals surface area contributed by atoms with Gasteiger partial charge in [0.15, 0.2) is 11.5 Å². The quantitative estimate of drug-likeness (QED) is 0.357. The SMILES string of the molecule is COCCCOc1ncccc1C1C(C(=O)C(C)C)=C(O)C(=O)N1c1ccc(-c2ccc(C)s2)cc1. The Morgan fingerprint density at radius 3 is 2.53 bits per heavy atom. The zero-order valence-corrected chi connectivity index (χ0v) is 21.7. The molecule has 7 nitrogen and oxygen atoms in total. The highest BCUT2D eigenvalue weighted by Crippen LogP contribution is 2.44. The van der Waals surface area contributed by atoms with Crippen molar-refractivity contribution in [2.75, 3.05) is 25.2 Å². The molecule has 1 aliphatic rings.